The first kappa shape index (κ1) is 17.7. The second-order valence-electron chi connectivity index (χ2n) is 5.41. The molecule has 6 nitrogen and oxygen atoms in total. The van der Waals surface area contributed by atoms with Crippen LogP contribution in [0.1, 0.15) is 26.4 Å². The molecule has 0 aliphatic rings. The van der Waals surface area contributed by atoms with Crippen LogP contribution in [0.3, 0.4) is 0 Å². The molecule has 3 rings (SSSR count). The normalized spacial score (nSPS) is 10.4. The second-order valence-corrected chi connectivity index (χ2v) is 5.85. The van der Waals surface area contributed by atoms with Gasteiger partial charge in [0.1, 0.15) is 5.69 Å². The maximum atomic E-state index is 12.4. The second kappa shape index (κ2) is 7.84. The van der Waals surface area contributed by atoms with Gasteiger partial charge in [-0.1, -0.05) is 28.9 Å². The number of methoxy groups -OCH3 is 1. The zero-order chi connectivity index (χ0) is 18.5. The van der Waals surface area contributed by atoms with Gasteiger partial charge in [-0.2, -0.15) is 0 Å². The maximum absolute atomic E-state index is 12.4. The minimum Gasteiger partial charge on any atom is -0.465 e. The molecule has 7 heteroatoms. The number of rotatable bonds is 5. The summed E-state index contributed by atoms with van der Waals surface area (Å²) in [4.78, 5) is 24.1. The van der Waals surface area contributed by atoms with E-state index in [9.17, 15) is 9.59 Å². The van der Waals surface area contributed by atoms with Gasteiger partial charge in [-0.15, -0.1) is 0 Å². The van der Waals surface area contributed by atoms with Crippen molar-refractivity contribution in [1.29, 1.82) is 0 Å². The Kier molecular flexibility index (Phi) is 5.34. The average molecular weight is 371 g/mol. The molecule has 3 aromatic rings. The molecule has 1 heterocycles. The third-order valence-electron chi connectivity index (χ3n) is 3.69. The fourth-order valence-corrected chi connectivity index (χ4v) is 2.51. The fraction of sp³-hybridized carbons (Fsp3) is 0.105. The molecular weight excluding hydrogens is 356 g/mol. The molecule has 0 atom stereocenters. The Hall–Kier alpha value is -3.12. The number of carbonyl (C=O) groups is 2. The molecular formula is C19H15ClN2O4. The van der Waals surface area contributed by atoms with Gasteiger partial charge in [-0.3, -0.25) is 4.79 Å². The van der Waals surface area contributed by atoms with E-state index >= 15 is 0 Å². The molecule has 2 aromatic carbocycles. The monoisotopic (exact) mass is 370 g/mol. The van der Waals surface area contributed by atoms with E-state index in [2.05, 4.69) is 10.5 Å². The van der Waals surface area contributed by atoms with E-state index in [0.29, 0.717) is 16.5 Å². The number of aromatic nitrogens is 1. The molecule has 0 aliphatic carbocycles. The predicted octanol–water partition coefficient (Wildman–Crippen LogP) is 3.71. The van der Waals surface area contributed by atoms with Gasteiger partial charge >= 0.3 is 5.97 Å². The summed E-state index contributed by atoms with van der Waals surface area (Å²) in [7, 11) is 1.27. The smallest absolute Gasteiger partial charge is 0.338 e. The van der Waals surface area contributed by atoms with Crippen molar-refractivity contribution in [2.45, 2.75) is 6.54 Å². The molecule has 0 bridgehead atoms. The van der Waals surface area contributed by atoms with Gasteiger partial charge in [-0.25, -0.2) is 4.79 Å². The van der Waals surface area contributed by atoms with Crippen LogP contribution in [0.4, 0.5) is 0 Å². The average Bonchev–Trinajstić information content (AvgIpc) is 3.15. The first-order valence-corrected chi connectivity index (χ1v) is 8.13. The summed E-state index contributed by atoms with van der Waals surface area (Å²) in [5.41, 5.74) is 1.82. The van der Waals surface area contributed by atoms with Crippen molar-refractivity contribution in [2.75, 3.05) is 7.11 Å². The molecule has 132 valence electrons. The quantitative estimate of drug-likeness (QED) is 0.692. The number of nitrogens with zero attached hydrogens (tertiary/aromatic N) is 1. The number of halogens is 1. The van der Waals surface area contributed by atoms with Crippen molar-refractivity contribution < 1.29 is 18.8 Å². The summed E-state index contributed by atoms with van der Waals surface area (Å²) in [5.74, 6) is -0.398. The van der Waals surface area contributed by atoms with Crippen LogP contribution in [0, 0.1) is 0 Å². The van der Waals surface area contributed by atoms with Gasteiger partial charge in [0.25, 0.3) is 5.91 Å². The Morgan fingerprint density at radius 1 is 1.12 bits per heavy atom. The number of nitrogens with one attached hydrogen (secondary N) is 1. The minimum absolute atomic E-state index is 0.158. The molecule has 0 radical (unpaired) electrons. The molecule has 0 saturated carbocycles. The predicted molar refractivity (Wildman–Crippen MR) is 95.9 cm³/mol. The van der Waals surface area contributed by atoms with Crippen LogP contribution in [0.2, 0.25) is 5.02 Å². The largest absolute Gasteiger partial charge is 0.465 e. The number of carbonyl (C=O) groups excluding carboxylic acids is 2. The van der Waals surface area contributed by atoms with Crippen LogP contribution in [0.5, 0.6) is 0 Å². The Morgan fingerprint density at radius 2 is 1.81 bits per heavy atom. The molecule has 0 fully saturated rings. The van der Waals surface area contributed by atoms with Crippen molar-refractivity contribution in [3.05, 3.63) is 76.4 Å². The highest BCUT2D eigenvalue weighted by Crippen LogP contribution is 2.22. The van der Waals surface area contributed by atoms with Crippen LogP contribution in [-0.4, -0.2) is 24.1 Å². The van der Waals surface area contributed by atoms with Crippen molar-refractivity contribution in [3.63, 3.8) is 0 Å². The minimum atomic E-state index is -0.567. The van der Waals surface area contributed by atoms with Gasteiger partial charge in [0.2, 0.25) is 0 Å². The summed E-state index contributed by atoms with van der Waals surface area (Å²) in [6.07, 6.45) is 0. The van der Waals surface area contributed by atoms with Crippen LogP contribution in [0.25, 0.3) is 11.3 Å². The zero-order valence-electron chi connectivity index (χ0n) is 13.9. The summed E-state index contributed by atoms with van der Waals surface area (Å²) in [6, 6.07) is 15.3. The highest BCUT2D eigenvalue weighted by atomic mass is 35.5. The van der Waals surface area contributed by atoms with E-state index in [-0.39, 0.29) is 17.7 Å². The van der Waals surface area contributed by atoms with Crippen LogP contribution >= 0.6 is 11.6 Å². The Balaban J connectivity index is 1.69. The number of ether oxygens (including phenoxy) is 1. The zero-order valence-corrected chi connectivity index (χ0v) is 14.6. The molecule has 0 saturated heterocycles. The highest BCUT2D eigenvalue weighted by Gasteiger charge is 2.17. The number of esters is 1. The Bertz CT molecular complexity index is 935. The third kappa shape index (κ3) is 3.92. The van der Waals surface area contributed by atoms with Gasteiger partial charge < -0.3 is 14.6 Å². The summed E-state index contributed by atoms with van der Waals surface area (Å²) >= 11 is 5.87. The van der Waals surface area contributed by atoms with Crippen molar-refractivity contribution in [1.82, 2.24) is 10.5 Å². The standard InChI is InChI=1S/C19H15ClN2O4/c1-25-19(24)16-5-3-2-4-15(16)18(23)21-11-14-10-17(26-22-14)12-6-8-13(20)9-7-12/h2-10H,11H2,1H3,(H,21,23). The first-order valence-electron chi connectivity index (χ1n) is 7.75. The van der Waals surface area contributed by atoms with Crippen molar-refractivity contribution >= 4 is 23.5 Å². The lowest BCUT2D eigenvalue weighted by Gasteiger charge is -2.07. The van der Waals surface area contributed by atoms with Crippen molar-refractivity contribution in [2.24, 2.45) is 0 Å². The van der Waals surface area contributed by atoms with Gasteiger partial charge in [0.05, 0.1) is 24.8 Å². The molecule has 1 N–H and O–H groups in total. The van der Waals surface area contributed by atoms with E-state index in [4.69, 9.17) is 20.9 Å². The van der Waals surface area contributed by atoms with Gasteiger partial charge in [-0.05, 0) is 36.4 Å². The number of hydrogen-bond acceptors (Lipinski definition) is 5. The summed E-state index contributed by atoms with van der Waals surface area (Å²) in [6.45, 7) is 0.158. The van der Waals surface area contributed by atoms with E-state index < -0.39 is 11.9 Å². The summed E-state index contributed by atoms with van der Waals surface area (Å²) in [5, 5.41) is 7.29. The van der Waals surface area contributed by atoms with Gasteiger partial charge in [0.15, 0.2) is 5.76 Å². The van der Waals surface area contributed by atoms with Crippen LogP contribution in [0.15, 0.2) is 59.1 Å². The molecule has 1 amide bonds. The number of benzene rings is 2. The molecule has 1 aromatic heterocycles. The summed E-state index contributed by atoms with van der Waals surface area (Å²) < 4.78 is 9.98. The lowest BCUT2D eigenvalue weighted by molar-refractivity contribution is 0.0596. The Labute approximate surface area is 154 Å². The topological polar surface area (TPSA) is 81.4 Å². The molecule has 26 heavy (non-hydrogen) atoms. The highest BCUT2D eigenvalue weighted by molar-refractivity contribution is 6.30. The fourth-order valence-electron chi connectivity index (χ4n) is 2.38. The lowest BCUT2D eigenvalue weighted by Crippen LogP contribution is -2.25. The van der Waals surface area contributed by atoms with Crippen LogP contribution < -0.4 is 5.32 Å². The van der Waals surface area contributed by atoms with Crippen LogP contribution in [-0.2, 0) is 11.3 Å². The van der Waals surface area contributed by atoms with E-state index in [0.717, 1.165) is 5.56 Å². The molecule has 0 aliphatic heterocycles. The lowest BCUT2D eigenvalue weighted by atomic mass is 10.1. The van der Waals surface area contributed by atoms with E-state index in [1.165, 1.54) is 13.2 Å². The molecule has 0 spiro atoms. The SMILES string of the molecule is COC(=O)c1ccccc1C(=O)NCc1cc(-c2ccc(Cl)cc2)on1. The number of amides is 1. The van der Waals surface area contributed by atoms with Gasteiger partial charge in [0, 0.05) is 16.7 Å². The maximum Gasteiger partial charge on any atom is 0.338 e. The Morgan fingerprint density at radius 3 is 2.50 bits per heavy atom. The van der Waals surface area contributed by atoms with Crippen molar-refractivity contribution in [3.8, 4) is 11.3 Å². The number of hydrogen-bond donors (Lipinski definition) is 1. The third-order valence-corrected chi connectivity index (χ3v) is 3.95. The van der Waals surface area contributed by atoms with E-state index in [1.54, 1.807) is 36.4 Å². The first-order chi connectivity index (χ1) is 12.6. The van der Waals surface area contributed by atoms with E-state index in [1.807, 2.05) is 12.1 Å². The molecule has 0 unspecified atom stereocenters.